The van der Waals surface area contributed by atoms with Gasteiger partial charge in [0, 0.05) is 19.4 Å². The molecule has 0 unspecified atom stereocenters. The molecule has 0 aromatic rings. The highest BCUT2D eigenvalue weighted by molar-refractivity contribution is 6.00. The molecule has 0 aromatic heterocycles. The minimum absolute atomic E-state index is 0.0225. The Hall–Kier alpha value is -0.900. The summed E-state index contributed by atoms with van der Waals surface area (Å²) >= 11 is 0. The molecule has 14 heavy (non-hydrogen) atoms. The van der Waals surface area contributed by atoms with Gasteiger partial charge in [0.2, 0.25) is 0 Å². The minimum Gasteiger partial charge on any atom is -0.468 e. The van der Waals surface area contributed by atoms with Crippen molar-refractivity contribution in [2.45, 2.75) is 25.9 Å². The summed E-state index contributed by atoms with van der Waals surface area (Å²) in [5.74, 6) is -1.10. The Morgan fingerprint density at radius 3 is 2.64 bits per heavy atom. The molecule has 0 bridgehead atoms. The maximum Gasteiger partial charge on any atom is 0.316 e. The van der Waals surface area contributed by atoms with Crippen molar-refractivity contribution in [2.24, 2.45) is 11.8 Å². The van der Waals surface area contributed by atoms with Gasteiger partial charge in [-0.1, -0.05) is 0 Å². The molecule has 0 aromatic carbocycles. The topological polar surface area (TPSA) is 52.6 Å². The average molecular weight is 200 g/mol. The Morgan fingerprint density at radius 1 is 1.50 bits per heavy atom. The quantitative estimate of drug-likeness (QED) is 0.499. The molecular weight excluding hydrogens is 184 g/mol. The highest BCUT2D eigenvalue weighted by Gasteiger charge is 2.43. The van der Waals surface area contributed by atoms with Crippen molar-refractivity contribution in [2.75, 3.05) is 14.2 Å². The zero-order valence-corrected chi connectivity index (χ0v) is 8.78. The molecule has 1 fully saturated rings. The van der Waals surface area contributed by atoms with Crippen LogP contribution >= 0.6 is 0 Å². The maximum absolute atomic E-state index is 11.4. The standard InChI is InChI=1S/C10H16O4/c1-6(13-2)7-4-5-8(11)9(7)10(12)14-3/h6-7,9H,4-5H2,1-3H3/t6-,7-,9-/m1/s1. The van der Waals surface area contributed by atoms with E-state index in [0.717, 1.165) is 0 Å². The lowest BCUT2D eigenvalue weighted by Crippen LogP contribution is -2.32. The number of carbonyl (C=O) groups is 2. The lowest BCUT2D eigenvalue weighted by atomic mass is 9.91. The van der Waals surface area contributed by atoms with Crippen molar-refractivity contribution >= 4 is 11.8 Å². The number of esters is 1. The zero-order chi connectivity index (χ0) is 10.7. The Bertz CT molecular complexity index is 236. The van der Waals surface area contributed by atoms with E-state index < -0.39 is 11.9 Å². The highest BCUT2D eigenvalue weighted by atomic mass is 16.5. The van der Waals surface area contributed by atoms with E-state index in [1.165, 1.54) is 7.11 Å². The van der Waals surface area contributed by atoms with Gasteiger partial charge in [0.15, 0.2) is 0 Å². The number of hydrogen-bond donors (Lipinski definition) is 0. The summed E-state index contributed by atoms with van der Waals surface area (Å²) < 4.78 is 9.76. The van der Waals surface area contributed by atoms with Crippen molar-refractivity contribution in [3.05, 3.63) is 0 Å². The molecule has 1 aliphatic carbocycles. The number of methoxy groups -OCH3 is 2. The Balaban J connectivity index is 2.76. The molecule has 1 saturated carbocycles. The van der Waals surface area contributed by atoms with Crippen molar-refractivity contribution in [3.63, 3.8) is 0 Å². The van der Waals surface area contributed by atoms with Crippen LogP contribution < -0.4 is 0 Å². The number of rotatable bonds is 3. The van der Waals surface area contributed by atoms with Crippen molar-refractivity contribution < 1.29 is 19.1 Å². The lowest BCUT2D eigenvalue weighted by molar-refractivity contribution is -0.151. The normalized spacial score (nSPS) is 28.9. The number of hydrogen-bond acceptors (Lipinski definition) is 4. The summed E-state index contributed by atoms with van der Waals surface area (Å²) in [4.78, 5) is 22.8. The molecule has 0 radical (unpaired) electrons. The lowest BCUT2D eigenvalue weighted by Gasteiger charge is -2.21. The molecule has 1 rings (SSSR count). The number of ether oxygens (including phenoxy) is 2. The smallest absolute Gasteiger partial charge is 0.316 e. The van der Waals surface area contributed by atoms with Crippen LogP contribution in [0.25, 0.3) is 0 Å². The van der Waals surface area contributed by atoms with Crippen LogP contribution in [-0.2, 0) is 19.1 Å². The van der Waals surface area contributed by atoms with Crippen LogP contribution in [0.15, 0.2) is 0 Å². The molecule has 80 valence electrons. The molecule has 0 amide bonds. The van der Waals surface area contributed by atoms with Gasteiger partial charge in [-0.3, -0.25) is 9.59 Å². The molecule has 0 spiro atoms. The first-order valence-corrected chi connectivity index (χ1v) is 4.75. The Kier molecular flexibility index (Phi) is 3.63. The molecule has 0 saturated heterocycles. The summed E-state index contributed by atoms with van der Waals surface area (Å²) in [7, 11) is 2.89. The van der Waals surface area contributed by atoms with Crippen LogP contribution in [0.1, 0.15) is 19.8 Å². The van der Waals surface area contributed by atoms with Crippen LogP contribution in [0.5, 0.6) is 0 Å². The monoisotopic (exact) mass is 200 g/mol. The summed E-state index contributed by atoms with van der Waals surface area (Å²) in [5.41, 5.74) is 0. The molecule has 4 nitrogen and oxygen atoms in total. The van der Waals surface area contributed by atoms with Crippen molar-refractivity contribution in [1.29, 1.82) is 0 Å². The van der Waals surface area contributed by atoms with Crippen LogP contribution in [0.2, 0.25) is 0 Å². The summed E-state index contributed by atoms with van der Waals surface area (Å²) in [6.45, 7) is 1.87. The molecule has 0 N–H and O–H groups in total. The van der Waals surface area contributed by atoms with E-state index in [1.54, 1.807) is 7.11 Å². The van der Waals surface area contributed by atoms with Gasteiger partial charge in [-0.05, 0) is 13.3 Å². The van der Waals surface area contributed by atoms with Crippen LogP contribution in [-0.4, -0.2) is 32.1 Å². The van der Waals surface area contributed by atoms with E-state index in [-0.39, 0.29) is 17.8 Å². The van der Waals surface area contributed by atoms with Gasteiger partial charge < -0.3 is 9.47 Å². The van der Waals surface area contributed by atoms with Crippen LogP contribution in [0.4, 0.5) is 0 Å². The van der Waals surface area contributed by atoms with Gasteiger partial charge in [0.25, 0.3) is 0 Å². The van der Waals surface area contributed by atoms with Gasteiger partial charge in [-0.2, -0.15) is 0 Å². The fourth-order valence-electron chi connectivity index (χ4n) is 1.98. The molecule has 3 atom stereocenters. The van der Waals surface area contributed by atoms with Crippen molar-refractivity contribution in [1.82, 2.24) is 0 Å². The first kappa shape index (κ1) is 11.2. The largest absolute Gasteiger partial charge is 0.468 e. The molecule has 4 heteroatoms. The fourth-order valence-corrected chi connectivity index (χ4v) is 1.98. The first-order chi connectivity index (χ1) is 6.61. The summed E-state index contributed by atoms with van der Waals surface area (Å²) in [5, 5.41) is 0. The number of ketones is 1. The van der Waals surface area contributed by atoms with Gasteiger partial charge in [0.1, 0.15) is 11.7 Å². The average Bonchev–Trinajstić information content (AvgIpc) is 2.58. The molecule has 1 aliphatic rings. The Labute approximate surface area is 83.6 Å². The maximum atomic E-state index is 11.4. The third kappa shape index (κ3) is 1.95. The van der Waals surface area contributed by atoms with Gasteiger partial charge >= 0.3 is 5.97 Å². The second-order valence-corrected chi connectivity index (χ2v) is 3.61. The fraction of sp³-hybridized carbons (Fsp3) is 0.800. The highest BCUT2D eigenvalue weighted by Crippen LogP contribution is 2.33. The molecule has 0 aliphatic heterocycles. The zero-order valence-electron chi connectivity index (χ0n) is 8.78. The van der Waals surface area contributed by atoms with E-state index in [0.29, 0.717) is 12.8 Å². The van der Waals surface area contributed by atoms with Gasteiger partial charge in [-0.15, -0.1) is 0 Å². The van der Waals surface area contributed by atoms with E-state index in [2.05, 4.69) is 4.74 Å². The second kappa shape index (κ2) is 4.55. The van der Waals surface area contributed by atoms with E-state index in [1.807, 2.05) is 6.92 Å². The van der Waals surface area contributed by atoms with E-state index >= 15 is 0 Å². The summed E-state index contributed by atoms with van der Waals surface area (Å²) in [6, 6.07) is 0. The van der Waals surface area contributed by atoms with E-state index in [9.17, 15) is 9.59 Å². The first-order valence-electron chi connectivity index (χ1n) is 4.75. The number of carbonyl (C=O) groups excluding carboxylic acids is 2. The van der Waals surface area contributed by atoms with Gasteiger partial charge in [0.05, 0.1) is 13.2 Å². The third-order valence-electron chi connectivity index (χ3n) is 2.93. The number of Topliss-reactive ketones (excluding diaryl/α,β-unsaturated/α-hetero) is 1. The van der Waals surface area contributed by atoms with Gasteiger partial charge in [-0.25, -0.2) is 0 Å². The predicted molar refractivity (Wildman–Crippen MR) is 49.7 cm³/mol. The minimum atomic E-state index is -0.616. The SMILES string of the molecule is COC(=O)[C@H]1C(=O)CC[C@@H]1[C@@H](C)OC. The summed E-state index contributed by atoms with van der Waals surface area (Å²) in [6.07, 6.45) is 1.09. The van der Waals surface area contributed by atoms with Crippen LogP contribution in [0, 0.1) is 11.8 Å². The second-order valence-electron chi connectivity index (χ2n) is 3.61. The molecular formula is C10H16O4. The van der Waals surface area contributed by atoms with E-state index in [4.69, 9.17) is 4.74 Å². The Morgan fingerprint density at radius 2 is 2.14 bits per heavy atom. The predicted octanol–water partition coefficient (Wildman–Crippen LogP) is 0.790. The van der Waals surface area contributed by atoms with Crippen LogP contribution in [0.3, 0.4) is 0 Å². The third-order valence-corrected chi connectivity index (χ3v) is 2.93. The van der Waals surface area contributed by atoms with Crippen molar-refractivity contribution in [3.8, 4) is 0 Å². The molecule has 0 heterocycles.